The van der Waals surface area contributed by atoms with Gasteiger partial charge in [0.25, 0.3) is 11.8 Å². The van der Waals surface area contributed by atoms with Crippen molar-refractivity contribution < 1.29 is 24.2 Å². The number of para-hydroxylation sites is 1. The van der Waals surface area contributed by atoms with E-state index < -0.39 is 6.04 Å². The van der Waals surface area contributed by atoms with Gasteiger partial charge < -0.3 is 30.8 Å². The second-order valence-electron chi connectivity index (χ2n) is 11.3. The zero-order valence-electron chi connectivity index (χ0n) is 25.1. The molecule has 5 N–H and O–H groups in total. The van der Waals surface area contributed by atoms with E-state index in [1.165, 1.54) is 0 Å². The Morgan fingerprint density at radius 3 is 2.55 bits per heavy atom. The smallest absolute Gasteiger partial charge is 0.255 e. The minimum Gasteiger partial charge on any atom is -0.490 e. The third-order valence-corrected chi connectivity index (χ3v) is 7.60. The molecule has 0 aliphatic carbocycles. The van der Waals surface area contributed by atoms with Gasteiger partial charge in [-0.05, 0) is 67.3 Å². The van der Waals surface area contributed by atoms with Crippen molar-refractivity contribution in [1.82, 2.24) is 25.8 Å². The summed E-state index contributed by atoms with van der Waals surface area (Å²) in [4.78, 5) is 43.1. The van der Waals surface area contributed by atoms with Gasteiger partial charge in [0.2, 0.25) is 5.91 Å². The van der Waals surface area contributed by atoms with Crippen LogP contribution in [0, 0.1) is 0 Å². The summed E-state index contributed by atoms with van der Waals surface area (Å²) in [7, 11) is 0. The number of carbonyl (C=O) groups is 3. The van der Waals surface area contributed by atoms with E-state index in [-0.39, 0.29) is 30.4 Å². The van der Waals surface area contributed by atoms with E-state index in [1.807, 2.05) is 67.4 Å². The summed E-state index contributed by atoms with van der Waals surface area (Å²) in [5.41, 5.74) is 4.52. The van der Waals surface area contributed by atoms with Crippen LogP contribution in [0.3, 0.4) is 0 Å². The lowest BCUT2D eigenvalue weighted by Gasteiger charge is -2.26. The molecule has 0 radical (unpaired) electrons. The highest BCUT2D eigenvalue weighted by Gasteiger charge is 2.21. The Labute approximate surface area is 256 Å². The van der Waals surface area contributed by atoms with Crippen LogP contribution in [0.4, 0.5) is 0 Å². The Balaban J connectivity index is 1.27. The first-order chi connectivity index (χ1) is 21.3. The van der Waals surface area contributed by atoms with Crippen LogP contribution in [0.2, 0.25) is 0 Å². The minimum atomic E-state index is -0.498. The molecule has 2 heterocycles. The highest BCUT2D eigenvalue weighted by molar-refractivity contribution is 5.99. The Morgan fingerprint density at radius 1 is 1.02 bits per heavy atom. The number of hydrogen-bond acceptors (Lipinski definition) is 6. The quantitative estimate of drug-likeness (QED) is 0.170. The second-order valence-corrected chi connectivity index (χ2v) is 11.3. The molecule has 3 aromatic carbocycles. The molecule has 1 saturated heterocycles. The predicted octanol–water partition coefficient (Wildman–Crippen LogP) is 3.12. The number of H-pyrrole nitrogens is 1. The first kappa shape index (κ1) is 30.8. The van der Waals surface area contributed by atoms with Gasteiger partial charge in [-0.1, -0.05) is 36.4 Å². The summed E-state index contributed by atoms with van der Waals surface area (Å²) < 4.78 is 5.97. The number of aromatic nitrogens is 1. The van der Waals surface area contributed by atoms with Gasteiger partial charge in [-0.3, -0.25) is 19.3 Å². The second kappa shape index (κ2) is 14.2. The van der Waals surface area contributed by atoms with Crippen LogP contribution < -0.4 is 20.7 Å². The van der Waals surface area contributed by atoms with Crippen molar-refractivity contribution in [3.63, 3.8) is 0 Å². The maximum atomic E-state index is 13.6. The number of benzene rings is 3. The lowest BCUT2D eigenvalue weighted by atomic mass is 10.00. The number of rotatable bonds is 12. The molecule has 0 spiro atoms. The lowest BCUT2D eigenvalue weighted by molar-refractivity contribution is -0.124. The monoisotopic (exact) mass is 597 g/mol. The molecule has 10 nitrogen and oxygen atoms in total. The molecule has 0 saturated carbocycles. The SMILES string of the molecule is CC(C)Oc1ccc(-c2ccc(C(=O)NCCN3CCNC(=O)C3)cc2)cc1C(=O)N[C@@H](CO)Cc1c[nH]c2ccccc12. The molecular weight excluding hydrogens is 558 g/mol. The van der Waals surface area contributed by atoms with E-state index in [4.69, 9.17) is 4.74 Å². The number of fused-ring (bicyclic) bond motifs is 1. The Kier molecular flexibility index (Phi) is 9.93. The van der Waals surface area contributed by atoms with Crippen LogP contribution in [0.15, 0.2) is 72.9 Å². The molecule has 1 aromatic heterocycles. The van der Waals surface area contributed by atoms with Gasteiger partial charge in [-0.25, -0.2) is 0 Å². The third-order valence-electron chi connectivity index (χ3n) is 7.60. The Morgan fingerprint density at radius 2 is 1.80 bits per heavy atom. The number of piperazine rings is 1. The number of ether oxygens (including phenoxy) is 1. The molecule has 1 atom stereocenters. The van der Waals surface area contributed by atoms with Crippen molar-refractivity contribution in [3.05, 3.63) is 89.6 Å². The highest BCUT2D eigenvalue weighted by atomic mass is 16.5. The molecule has 1 aliphatic rings. The number of aliphatic hydroxyl groups is 1. The average molecular weight is 598 g/mol. The standard InChI is InChI=1S/C34H39N5O5/c1-22(2)44-31-12-11-25(23-7-9-24(10-8-23)33(42)36-14-16-39-15-13-35-32(41)20-39)18-29(31)34(43)38-27(21-40)17-26-19-37-30-6-4-3-5-28(26)30/h3-12,18-19,22,27,37,40H,13-17,20-21H2,1-2H3,(H,35,41)(H,36,42)(H,38,43)/t27-/m1/s1. The van der Waals surface area contributed by atoms with Crippen molar-refractivity contribution in [3.8, 4) is 16.9 Å². The van der Waals surface area contributed by atoms with Gasteiger partial charge in [0, 0.05) is 48.8 Å². The molecule has 44 heavy (non-hydrogen) atoms. The summed E-state index contributed by atoms with van der Waals surface area (Å²) in [6.45, 7) is 6.35. The molecule has 230 valence electrons. The maximum absolute atomic E-state index is 13.6. The van der Waals surface area contributed by atoms with Gasteiger partial charge in [-0.15, -0.1) is 0 Å². The summed E-state index contributed by atoms with van der Waals surface area (Å²) in [6, 6.07) is 20.1. The first-order valence-corrected chi connectivity index (χ1v) is 15.0. The van der Waals surface area contributed by atoms with Crippen molar-refractivity contribution in [2.75, 3.05) is 39.3 Å². The number of nitrogens with zero attached hydrogens (tertiary/aromatic N) is 1. The average Bonchev–Trinajstić information content (AvgIpc) is 3.43. The third kappa shape index (κ3) is 7.64. The van der Waals surface area contributed by atoms with Crippen LogP contribution in [-0.2, 0) is 11.2 Å². The van der Waals surface area contributed by atoms with Crippen molar-refractivity contribution >= 4 is 28.6 Å². The van der Waals surface area contributed by atoms with Gasteiger partial charge >= 0.3 is 0 Å². The van der Waals surface area contributed by atoms with Crippen molar-refractivity contribution in [2.45, 2.75) is 32.4 Å². The summed E-state index contributed by atoms with van der Waals surface area (Å²) in [5, 5.41) is 19.9. The van der Waals surface area contributed by atoms with E-state index in [1.54, 1.807) is 24.3 Å². The maximum Gasteiger partial charge on any atom is 0.255 e. The number of nitrogens with one attached hydrogen (secondary N) is 4. The van der Waals surface area contributed by atoms with Crippen LogP contribution in [0.25, 0.3) is 22.0 Å². The summed E-state index contributed by atoms with van der Waals surface area (Å²) in [6.07, 6.45) is 2.23. The van der Waals surface area contributed by atoms with Crippen LogP contribution in [-0.4, -0.2) is 84.2 Å². The normalized spacial score (nSPS) is 14.3. The zero-order valence-corrected chi connectivity index (χ0v) is 25.1. The van der Waals surface area contributed by atoms with Gasteiger partial charge in [0.05, 0.1) is 30.9 Å². The molecule has 5 rings (SSSR count). The first-order valence-electron chi connectivity index (χ1n) is 15.0. The predicted molar refractivity (Wildman–Crippen MR) is 170 cm³/mol. The van der Waals surface area contributed by atoms with Crippen LogP contribution in [0.1, 0.15) is 40.1 Å². The van der Waals surface area contributed by atoms with Gasteiger partial charge in [-0.2, -0.15) is 0 Å². The lowest BCUT2D eigenvalue weighted by Crippen LogP contribution is -2.49. The van der Waals surface area contributed by atoms with E-state index in [2.05, 4.69) is 20.9 Å². The van der Waals surface area contributed by atoms with Crippen LogP contribution >= 0.6 is 0 Å². The highest BCUT2D eigenvalue weighted by Crippen LogP contribution is 2.28. The molecule has 10 heteroatoms. The fourth-order valence-corrected chi connectivity index (χ4v) is 5.36. The number of amides is 3. The number of carbonyl (C=O) groups excluding carboxylic acids is 3. The largest absolute Gasteiger partial charge is 0.490 e. The van der Waals surface area contributed by atoms with E-state index >= 15 is 0 Å². The van der Waals surface area contributed by atoms with E-state index in [9.17, 15) is 19.5 Å². The Hall–Kier alpha value is -4.67. The van der Waals surface area contributed by atoms with Crippen molar-refractivity contribution in [2.24, 2.45) is 0 Å². The fourth-order valence-electron chi connectivity index (χ4n) is 5.36. The molecule has 1 fully saturated rings. The molecule has 3 amide bonds. The number of aliphatic hydroxyl groups excluding tert-OH is 1. The number of hydrogen-bond donors (Lipinski definition) is 5. The molecular formula is C34H39N5O5. The van der Waals surface area contributed by atoms with Crippen LogP contribution in [0.5, 0.6) is 5.75 Å². The minimum absolute atomic E-state index is 0.00116. The number of aromatic amines is 1. The molecule has 0 unspecified atom stereocenters. The fraction of sp³-hybridized carbons (Fsp3) is 0.324. The zero-order chi connectivity index (χ0) is 31.1. The van der Waals surface area contributed by atoms with Gasteiger partial charge in [0.15, 0.2) is 0 Å². The topological polar surface area (TPSA) is 136 Å². The van der Waals surface area contributed by atoms with E-state index in [0.29, 0.717) is 49.5 Å². The summed E-state index contributed by atoms with van der Waals surface area (Å²) >= 11 is 0. The molecule has 4 aromatic rings. The van der Waals surface area contributed by atoms with Crippen molar-refractivity contribution in [1.29, 1.82) is 0 Å². The molecule has 1 aliphatic heterocycles. The molecule has 0 bridgehead atoms. The summed E-state index contributed by atoms with van der Waals surface area (Å²) in [5.74, 6) is -0.0824. The van der Waals surface area contributed by atoms with E-state index in [0.717, 1.165) is 34.1 Å². The van der Waals surface area contributed by atoms with Gasteiger partial charge in [0.1, 0.15) is 5.75 Å². The Bertz CT molecular complexity index is 1610.